The van der Waals surface area contributed by atoms with Crippen molar-refractivity contribution in [3.63, 3.8) is 0 Å². The number of benzene rings is 1. The smallest absolute Gasteiger partial charge is 0.255 e. The maximum Gasteiger partial charge on any atom is 0.255 e. The largest absolute Gasteiger partial charge is 0.361 e. The minimum Gasteiger partial charge on any atom is -0.361 e. The second kappa shape index (κ2) is 4.93. The van der Waals surface area contributed by atoms with Crippen molar-refractivity contribution in [1.29, 1.82) is 0 Å². The Balaban J connectivity index is 1.99. The van der Waals surface area contributed by atoms with Crippen LogP contribution in [0.25, 0.3) is 10.9 Å². The number of fused-ring (bicyclic) bond motifs is 1. The van der Waals surface area contributed by atoms with E-state index in [2.05, 4.69) is 21.0 Å². The lowest BCUT2D eigenvalue weighted by atomic mass is 10.1. The van der Waals surface area contributed by atoms with Gasteiger partial charge in [0.15, 0.2) is 5.16 Å². The third-order valence-corrected chi connectivity index (χ3v) is 3.69. The summed E-state index contributed by atoms with van der Waals surface area (Å²) < 4.78 is 0. The number of H-pyrrole nitrogens is 2. The van der Waals surface area contributed by atoms with E-state index in [1.807, 2.05) is 30.7 Å². The van der Waals surface area contributed by atoms with Crippen LogP contribution in [0.1, 0.15) is 11.1 Å². The molecule has 0 fully saturated rings. The Morgan fingerprint density at radius 1 is 1.26 bits per heavy atom. The number of nitrogens with zero attached hydrogens (tertiary/aromatic N) is 1. The highest BCUT2D eigenvalue weighted by molar-refractivity contribution is 7.98. The van der Waals surface area contributed by atoms with Crippen LogP contribution in [-0.2, 0) is 6.42 Å². The van der Waals surface area contributed by atoms with Crippen molar-refractivity contribution in [3.05, 3.63) is 58.1 Å². The molecule has 4 nitrogen and oxygen atoms in total. The van der Waals surface area contributed by atoms with Gasteiger partial charge in [0.1, 0.15) is 0 Å². The lowest BCUT2D eigenvalue weighted by Gasteiger charge is -2.01. The van der Waals surface area contributed by atoms with E-state index in [4.69, 9.17) is 0 Å². The summed E-state index contributed by atoms with van der Waals surface area (Å²) in [5.74, 6) is 0. The molecule has 0 bridgehead atoms. The molecule has 0 unspecified atom stereocenters. The minimum atomic E-state index is -0.0652. The highest BCUT2D eigenvalue weighted by Gasteiger charge is 2.07. The summed E-state index contributed by atoms with van der Waals surface area (Å²) in [6.07, 6.45) is 6.08. The third-order valence-electron chi connectivity index (χ3n) is 3.10. The average molecular weight is 271 g/mol. The zero-order valence-electron chi connectivity index (χ0n) is 10.4. The number of thioether (sulfide) groups is 1. The summed E-state index contributed by atoms with van der Waals surface area (Å²) in [6.45, 7) is 0. The number of aromatic nitrogens is 3. The van der Waals surface area contributed by atoms with E-state index in [9.17, 15) is 4.79 Å². The number of aromatic amines is 2. The fourth-order valence-electron chi connectivity index (χ4n) is 2.12. The van der Waals surface area contributed by atoms with Gasteiger partial charge in [-0.05, 0) is 17.9 Å². The molecule has 2 aromatic heterocycles. The molecule has 0 amide bonds. The molecule has 2 heterocycles. The van der Waals surface area contributed by atoms with Crippen LogP contribution in [0.2, 0.25) is 0 Å². The van der Waals surface area contributed by atoms with Crippen molar-refractivity contribution in [2.24, 2.45) is 0 Å². The minimum absolute atomic E-state index is 0.0652. The Labute approximate surface area is 114 Å². The van der Waals surface area contributed by atoms with Crippen molar-refractivity contribution in [1.82, 2.24) is 15.0 Å². The summed E-state index contributed by atoms with van der Waals surface area (Å²) in [4.78, 5) is 22.1. The van der Waals surface area contributed by atoms with E-state index in [0.29, 0.717) is 17.1 Å². The number of hydrogen-bond acceptors (Lipinski definition) is 3. The Hall–Kier alpha value is -2.01. The fourth-order valence-corrected chi connectivity index (χ4v) is 2.47. The normalized spacial score (nSPS) is 11.0. The molecule has 1 aromatic carbocycles. The molecule has 0 saturated heterocycles. The van der Waals surface area contributed by atoms with Crippen molar-refractivity contribution in [2.45, 2.75) is 11.6 Å². The van der Waals surface area contributed by atoms with Crippen molar-refractivity contribution >= 4 is 22.7 Å². The zero-order chi connectivity index (χ0) is 13.2. The van der Waals surface area contributed by atoms with E-state index in [0.717, 1.165) is 16.5 Å². The molecule has 19 heavy (non-hydrogen) atoms. The molecule has 3 rings (SSSR count). The van der Waals surface area contributed by atoms with Crippen LogP contribution in [0.15, 0.2) is 46.6 Å². The van der Waals surface area contributed by atoms with E-state index in [-0.39, 0.29) is 5.56 Å². The molecule has 0 radical (unpaired) electrons. The fraction of sp³-hybridized carbons (Fsp3) is 0.143. The van der Waals surface area contributed by atoms with Crippen LogP contribution in [0.5, 0.6) is 0 Å². The molecule has 0 aliphatic heterocycles. The van der Waals surface area contributed by atoms with Crippen LogP contribution in [-0.4, -0.2) is 21.2 Å². The summed E-state index contributed by atoms with van der Waals surface area (Å²) >= 11 is 1.43. The van der Waals surface area contributed by atoms with Crippen LogP contribution in [0.4, 0.5) is 0 Å². The maximum absolute atomic E-state index is 11.9. The van der Waals surface area contributed by atoms with Crippen molar-refractivity contribution in [3.8, 4) is 0 Å². The van der Waals surface area contributed by atoms with Gasteiger partial charge >= 0.3 is 0 Å². The Morgan fingerprint density at radius 3 is 2.89 bits per heavy atom. The van der Waals surface area contributed by atoms with Gasteiger partial charge in [-0.25, -0.2) is 4.98 Å². The first-order valence-corrected chi connectivity index (χ1v) is 7.17. The van der Waals surface area contributed by atoms with E-state index < -0.39 is 0 Å². The summed E-state index contributed by atoms with van der Waals surface area (Å²) in [5, 5.41) is 1.79. The highest BCUT2D eigenvalue weighted by Crippen LogP contribution is 2.19. The molecule has 3 aromatic rings. The Morgan fingerprint density at radius 2 is 2.11 bits per heavy atom. The second-order valence-electron chi connectivity index (χ2n) is 4.28. The SMILES string of the molecule is CSc1ncc(Cc2c[nH]c3ccccc23)c(=O)[nH]1. The monoisotopic (exact) mass is 271 g/mol. The predicted molar refractivity (Wildman–Crippen MR) is 77.7 cm³/mol. The molecular formula is C14H13N3OS. The van der Waals surface area contributed by atoms with Gasteiger partial charge in [-0.1, -0.05) is 30.0 Å². The van der Waals surface area contributed by atoms with Gasteiger partial charge in [0.2, 0.25) is 0 Å². The van der Waals surface area contributed by atoms with Gasteiger partial charge in [-0.2, -0.15) is 0 Å². The molecule has 0 atom stereocenters. The standard InChI is InChI=1S/C14H13N3OS/c1-19-14-16-8-10(13(18)17-14)6-9-7-15-12-5-3-2-4-11(9)12/h2-5,7-8,15H,6H2,1H3,(H,16,17,18). The third kappa shape index (κ3) is 2.29. The predicted octanol–water partition coefficient (Wildman–Crippen LogP) is 2.56. The first-order chi connectivity index (χ1) is 9.28. The molecule has 2 N–H and O–H groups in total. The van der Waals surface area contributed by atoms with Crippen LogP contribution in [0, 0.1) is 0 Å². The highest BCUT2D eigenvalue weighted by atomic mass is 32.2. The molecule has 0 aliphatic carbocycles. The van der Waals surface area contributed by atoms with E-state index >= 15 is 0 Å². The zero-order valence-corrected chi connectivity index (χ0v) is 11.3. The van der Waals surface area contributed by atoms with Gasteiger partial charge in [0, 0.05) is 35.3 Å². The molecule has 5 heteroatoms. The van der Waals surface area contributed by atoms with Gasteiger partial charge in [-0.3, -0.25) is 4.79 Å². The molecular weight excluding hydrogens is 258 g/mol. The number of hydrogen-bond donors (Lipinski definition) is 2. The number of nitrogens with one attached hydrogen (secondary N) is 2. The first kappa shape index (κ1) is 12.0. The van der Waals surface area contributed by atoms with Gasteiger partial charge in [0.05, 0.1) is 0 Å². The lowest BCUT2D eigenvalue weighted by Crippen LogP contribution is -2.14. The maximum atomic E-state index is 11.9. The van der Waals surface area contributed by atoms with Gasteiger partial charge in [-0.15, -0.1) is 0 Å². The van der Waals surface area contributed by atoms with E-state index in [1.54, 1.807) is 6.20 Å². The summed E-state index contributed by atoms with van der Waals surface area (Å²) in [5.41, 5.74) is 2.81. The van der Waals surface area contributed by atoms with Gasteiger partial charge in [0.25, 0.3) is 5.56 Å². The average Bonchev–Trinajstić information content (AvgIpc) is 2.84. The van der Waals surface area contributed by atoms with Crippen LogP contribution in [0.3, 0.4) is 0 Å². The van der Waals surface area contributed by atoms with Crippen LogP contribution < -0.4 is 5.56 Å². The second-order valence-corrected chi connectivity index (χ2v) is 5.08. The molecule has 96 valence electrons. The molecule has 0 saturated carbocycles. The van der Waals surface area contributed by atoms with E-state index in [1.165, 1.54) is 11.8 Å². The summed E-state index contributed by atoms with van der Waals surface area (Å²) in [6, 6.07) is 8.07. The first-order valence-electron chi connectivity index (χ1n) is 5.95. The topological polar surface area (TPSA) is 61.5 Å². The molecule has 0 aliphatic rings. The Bertz CT molecular complexity index is 775. The quantitative estimate of drug-likeness (QED) is 0.568. The number of rotatable bonds is 3. The molecule has 0 spiro atoms. The Kier molecular flexibility index (Phi) is 3.13. The van der Waals surface area contributed by atoms with Gasteiger partial charge < -0.3 is 9.97 Å². The summed E-state index contributed by atoms with van der Waals surface area (Å²) in [7, 11) is 0. The van der Waals surface area contributed by atoms with Crippen LogP contribution >= 0.6 is 11.8 Å². The number of para-hydroxylation sites is 1. The van der Waals surface area contributed by atoms with Crippen molar-refractivity contribution < 1.29 is 0 Å². The van der Waals surface area contributed by atoms with Crippen molar-refractivity contribution in [2.75, 3.05) is 6.26 Å². The lowest BCUT2D eigenvalue weighted by molar-refractivity contribution is 0.903.